The lowest BCUT2D eigenvalue weighted by molar-refractivity contribution is -0.120. The summed E-state index contributed by atoms with van der Waals surface area (Å²) in [4.78, 5) is 10.9. The Bertz CT molecular complexity index is 179. The number of nitrogens with one attached hydrogen (secondary N) is 1. The van der Waals surface area contributed by atoms with Gasteiger partial charge in [0.1, 0.15) is 0 Å². The number of carbonyl (C=O) groups is 1. The van der Waals surface area contributed by atoms with E-state index >= 15 is 0 Å². The summed E-state index contributed by atoms with van der Waals surface area (Å²) in [6, 6.07) is 0. The standard InChI is InChI=1S/C11H23NO2.C2H6/c1-6-9(2)14-8-7-11(4,5)12-10(3)13;1-2/h9H,6-8H2,1-5H3,(H,12,13);1-2H3. The molecule has 1 amide bonds. The zero-order valence-electron chi connectivity index (χ0n) is 12.0. The van der Waals surface area contributed by atoms with Crippen molar-refractivity contribution in [1.29, 1.82) is 0 Å². The predicted octanol–water partition coefficient (Wildman–Crippen LogP) is 3.13. The van der Waals surface area contributed by atoms with Crippen molar-refractivity contribution in [2.75, 3.05) is 6.61 Å². The minimum absolute atomic E-state index is 0.0125. The quantitative estimate of drug-likeness (QED) is 0.762. The molecule has 98 valence electrons. The Morgan fingerprint density at radius 1 is 1.38 bits per heavy atom. The van der Waals surface area contributed by atoms with Gasteiger partial charge in [0, 0.05) is 19.1 Å². The average molecular weight is 231 g/mol. The van der Waals surface area contributed by atoms with Gasteiger partial charge in [-0.05, 0) is 33.6 Å². The molecule has 0 saturated heterocycles. The number of ether oxygens (including phenoxy) is 1. The molecule has 0 fully saturated rings. The van der Waals surface area contributed by atoms with Crippen LogP contribution in [-0.4, -0.2) is 24.2 Å². The Kier molecular flexibility index (Phi) is 10.7. The van der Waals surface area contributed by atoms with Crippen molar-refractivity contribution in [2.45, 2.75) is 73.0 Å². The van der Waals surface area contributed by atoms with E-state index in [4.69, 9.17) is 4.74 Å². The summed E-state index contributed by atoms with van der Waals surface area (Å²) in [6.45, 7) is 14.4. The molecule has 1 atom stereocenters. The first-order valence-electron chi connectivity index (χ1n) is 6.27. The van der Waals surface area contributed by atoms with Gasteiger partial charge in [-0.2, -0.15) is 0 Å². The van der Waals surface area contributed by atoms with Gasteiger partial charge in [0.15, 0.2) is 0 Å². The third-order valence-corrected chi connectivity index (χ3v) is 2.22. The molecule has 0 spiro atoms. The molecule has 3 heteroatoms. The van der Waals surface area contributed by atoms with Gasteiger partial charge in [0.2, 0.25) is 5.91 Å². The van der Waals surface area contributed by atoms with Crippen molar-refractivity contribution in [3.63, 3.8) is 0 Å². The highest BCUT2D eigenvalue weighted by Crippen LogP contribution is 2.09. The molecule has 0 radical (unpaired) electrons. The molecule has 0 saturated carbocycles. The van der Waals surface area contributed by atoms with E-state index < -0.39 is 0 Å². The van der Waals surface area contributed by atoms with Gasteiger partial charge < -0.3 is 10.1 Å². The van der Waals surface area contributed by atoms with E-state index in [0.717, 1.165) is 12.8 Å². The van der Waals surface area contributed by atoms with E-state index in [2.05, 4.69) is 19.2 Å². The van der Waals surface area contributed by atoms with Crippen molar-refractivity contribution in [3.05, 3.63) is 0 Å². The smallest absolute Gasteiger partial charge is 0.217 e. The van der Waals surface area contributed by atoms with E-state index in [1.54, 1.807) is 0 Å². The van der Waals surface area contributed by atoms with Crippen LogP contribution in [0, 0.1) is 0 Å². The van der Waals surface area contributed by atoms with E-state index in [-0.39, 0.29) is 11.4 Å². The third kappa shape index (κ3) is 11.5. The molecule has 0 aromatic rings. The molecule has 0 rings (SSSR count). The van der Waals surface area contributed by atoms with Gasteiger partial charge in [-0.25, -0.2) is 0 Å². The van der Waals surface area contributed by atoms with Crippen molar-refractivity contribution < 1.29 is 9.53 Å². The summed E-state index contributed by atoms with van der Waals surface area (Å²) in [5, 5.41) is 2.89. The first-order chi connectivity index (χ1) is 7.37. The average Bonchev–Trinajstić information content (AvgIpc) is 2.18. The zero-order valence-corrected chi connectivity index (χ0v) is 12.0. The van der Waals surface area contributed by atoms with Crippen LogP contribution in [0.15, 0.2) is 0 Å². The highest BCUT2D eigenvalue weighted by Gasteiger charge is 2.18. The molecule has 0 bridgehead atoms. The summed E-state index contributed by atoms with van der Waals surface area (Å²) >= 11 is 0. The Morgan fingerprint density at radius 2 is 1.88 bits per heavy atom. The van der Waals surface area contributed by atoms with Crippen LogP contribution in [0.25, 0.3) is 0 Å². The van der Waals surface area contributed by atoms with E-state index in [9.17, 15) is 4.79 Å². The van der Waals surface area contributed by atoms with Crippen LogP contribution in [-0.2, 0) is 9.53 Å². The van der Waals surface area contributed by atoms with Gasteiger partial charge in [0.25, 0.3) is 0 Å². The normalized spacial score (nSPS) is 12.4. The van der Waals surface area contributed by atoms with Crippen LogP contribution in [0.5, 0.6) is 0 Å². The summed E-state index contributed by atoms with van der Waals surface area (Å²) in [5.74, 6) is 0.0125. The van der Waals surface area contributed by atoms with Crippen molar-refractivity contribution in [1.82, 2.24) is 5.32 Å². The van der Waals surface area contributed by atoms with Gasteiger partial charge in [-0.3, -0.25) is 4.79 Å². The minimum atomic E-state index is -0.167. The summed E-state index contributed by atoms with van der Waals surface area (Å²) in [6.07, 6.45) is 2.18. The Hall–Kier alpha value is -0.570. The lowest BCUT2D eigenvalue weighted by Crippen LogP contribution is -2.43. The number of hydrogen-bond acceptors (Lipinski definition) is 2. The number of rotatable bonds is 6. The monoisotopic (exact) mass is 231 g/mol. The fraction of sp³-hybridized carbons (Fsp3) is 0.923. The van der Waals surface area contributed by atoms with Crippen LogP contribution in [0.2, 0.25) is 0 Å². The predicted molar refractivity (Wildman–Crippen MR) is 69.6 cm³/mol. The van der Waals surface area contributed by atoms with Crippen molar-refractivity contribution in [2.24, 2.45) is 0 Å². The molecule has 3 nitrogen and oxygen atoms in total. The second kappa shape index (κ2) is 9.64. The topological polar surface area (TPSA) is 38.3 Å². The van der Waals surface area contributed by atoms with Gasteiger partial charge in [-0.1, -0.05) is 20.8 Å². The molecule has 16 heavy (non-hydrogen) atoms. The third-order valence-electron chi connectivity index (χ3n) is 2.22. The fourth-order valence-electron chi connectivity index (χ4n) is 1.17. The molecule has 1 unspecified atom stereocenters. The molecular formula is C13H29NO2. The van der Waals surface area contributed by atoms with E-state index in [0.29, 0.717) is 12.7 Å². The van der Waals surface area contributed by atoms with Gasteiger partial charge in [0.05, 0.1) is 6.10 Å². The number of carbonyl (C=O) groups excluding carboxylic acids is 1. The van der Waals surface area contributed by atoms with Crippen molar-refractivity contribution in [3.8, 4) is 0 Å². The molecule has 0 aromatic heterocycles. The zero-order chi connectivity index (χ0) is 13.2. The highest BCUT2D eigenvalue weighted by atomic mass is 16.5. The van der Waals surface area contributed by atoms with E-state index in [1.807, 2.05) is 27.7 Å². The molecule has 0 aliphatic rings. The lowest BCUT2D eigenvalue weighted by Gasteiger charge is -2.26. The second-order valence-electron chi connectivity index (χ2n) is 4.40. The Balaban J connectivity index is 0. The Labute approximate surface area is 101 Å². The lowest BCUT2D eigenvalue weighted by atomic mass is 10.0. The molecule has 0 aliphatic heterocycles. The summed E-state index contributed by atoms with van der Waals surface area (Å²) in [7, 11) is 0. The van der Waals surface area contributed by atoms with Crippen LogP contribution < -0.4 is 5.32 Å². The van der Waals surface area contributed by atoms with Crippen LogP contribution >= 0.6 is 0 Å². The van der Waals surface area contributed by atoms with Crippen LogP contribution in [0.1, 0.15) is 61.3 Å². The molecular weight excluding hydrogens is 202 g/mol. The maximum Gasteiger partial charge on any atom is 0.217 e. The first kappa shape index (κ1) is 17.8. The molecule has 0 aliphatic carbocycles. The Morgan fingerprint density at radius 3 is 2.25 bits per heavy atom. The second-order valence-corrected chi connectivity index (χ2v) is 4.40. The van der Waals surface area contributed by atoms with Crippen LogP contribution in [0.4, 0.5) is 0 Å². The summed E-state index contributed by atoms with van der Waals surface area (Å²) in [5.41, 5.74) is -0.167. The molecule has 0 heterocycles. The molecule has 0 aromatic carbocycles. The highest BCUT2D eigenvalue weighted by molar-refractivity contribution is 5.73. The van der Waals surface area contributed by atoms with Crippen LogP contribution in [0.3, 0.4) is 0 Å². The fourth-order valence-corrected chi connectivity index (χ4v) is 1.17. The van der Waals surface area contributed by atoms with E-state index in [1.165, 1.54) is 6.92 Å². The number of hydrogen-bond donors (Lipinski definition) is 1. The van der Waals surface area contributed by atoms with Gasteiger partial charge in [-0.15, -0.1) is 0 Å². The number of amides is 1. The SMILES string of the molecule is CC.CCC(C)OCCC(C)(C)NC(C)=O. The largest absolute Gasteiger partial charge is 0.378 e. The maximum absolute atomic E-state index is 10.9. The van der Waals surface area contributed by atoms with Gasteiger partial charge >= 0.3 is 0 Å². The summed E-state index contributed by atoms with van der Waals surface area (Å²) < 4.78 is 5.56. The maximum atomic E-state index is 10.9. The first-order valence-corrected chi connectivity index (χ1v) is 6.27. The minimum Gasteiger partial charge on any atom is -0.378 e. The molecule has 1 N–H and O–H groups in total. The van der Waals surface area contributed by atoms with Crippen molar-refractivity contribution >= 4 is 5.91 Å².